The van der Waals surface area contributed by atoms with Gasteiger partial charge in [0.2, 0.25) is 0 Å². The summed E-state index contributed by atoms with van der Waals surface area (Å²) >= 11 is 0. The molecular formula is C18H20N6. The number of fused-ring (bicyclic) bond motifs is 1. The molecule has 122 valence electrons. The molecule has 1 saturated carbocycles. The molecule has 1 fully saturated rings. The molecule has 0 aliphatic heterocycles. The Morgan fingerprint density at radius 2 is 2.04 bits per heavy atom. The molecule has 3 heterocycles. The topological polar surface area (TPSA) is 95.6 Å². The number of nitrogens with zero attached hydrogens (tertiary/aromatic N) is 4. The molecule has 4 N–H and O–H groups in total. The van der Waals surface area contributed by atoms with Crippen molar-refractivity contribution in [2.75, 3.05) is 11.5 Å². The third-order valence-corrected chi connectivity index (χ3v) is 4.71. The molecule has 1 aliphatic carbocycles. The maximum absolute atomic E-state index is 5.93. The summed E-state index contributed by atoms with van der Waals surface area (Å²) in [7, 11) is 0. The Kier molecular flexibility index (Phi) is 3.65. The van der Waals surface area contributed by atoms with Crippen molar-refractivity contribution >= 4 is 28.7 Å². The van der Waals surface area contributed by atoms with Crippen molar-refractivity contribution < 1.29 is 0 Å². The number of pyridine rings is 1. The Morgan fingerprint density at radius 3 is 2.92 bits per heavy atom. The zero-order chi connectivity index (χ0) is 16.5. The van der Waals surface area contributed by atoms with E-state index in [0.717, 1.165) is 36.0 Å². The maximum Gasteiger partial charge on any atom is 0.145 e. The lowest BCUT2D eigenvalue weighted by Gasteiger charge is -2.13. The van der Waals surface area contributed by atoms with Crippen molar-refractivity contribution in [1.29, 1.82) is 0 Å². The van der Waals surface area contributed by atoms with E-state index in [1.807, 2.05) is 18.2 Å². The third-order valence-electron chi connectivity index (χ3n) is 4.71. The van der Waals surface area contributed by atoms with Crippen LogP contribution in [0.1, 0.15) is 31.0 Å². The highest BCUT2D eigenvalue weighted by Gasteiger charge is 2.25. The minimum atomic E-state index is 0.445. The molecule has 0 bridgehead atoms. The van der Waals surface area contributed by atoms with Crippen molar-refractivity contribution in [1.82, 2.24) is 19.5 Å². The average molecular weight is 320 g/mol. The molecule has 2 unspecified atom stereocenters. The lowest BCUT2D eigenvalue weighted by atomic mass is 10.1. The minimum absolute atomic E-state index is 0.445. The number of allylic oxidation sites excluding steroid dienone is 1. The minimum Gasteiger partial charge on any atom is -0.384 e. The van der Waals surface area contributed by atoms with Crippen molar-refractivity contribution in [3.05, 3.63) is 48.6 Å². The number of rotatable bonds is 3. The summed E-state index contributed by atoms with van der Waals surface area (Å²) < 4.78 is 2.24. The monoisotopic (exact) mass is 320 g/mol. The van der Waals surface area contributed by atoms with Gasteiger partial charge in [-0.2, -0.15) is 0 Å². The highest BCUT2D eigenvalue weighted by molar-refractivity contribution is 5.86. The Labute approximate surface area is 140 Å². The first-order valence-corrected chi connectivity index (χ1v) is 8.18. The zero-order valence-electron chi connectivity index (χ0n) is 13.3. The second-order valence-electron chi connectivity index (χ2n) is 6.29. The Morgan fingerprint density at radius 1 is 1.12 bits per heavy atom. The number of nitrogens with two attached hydrogens (primary N) is 2. The molecule has 3 aromatic heterocycles. The van der Waals surface area contributed by atoms with Crippen molar-refractivity contribution in [3.8, 4) is 0 Å². The van der Waals surface area contributed by atoms with Crippen LogP contribution in [0.5, 0.6) is 0 Å². The van der Waals surface area contributed by atoms with Crippen molar-refractivity contribution in [2.45, 2.75) is 25.3 Å². The highest BCUT2D eigenvalue weighted by Crippen LogP contribution is 2.37. The fraction of sp³-hybridized carbons (Fsp3) is 0.278. The van der Waals surface area contributed by atoms with E-state index in [2.05, 4.69) is 37.9 Å². The van der Waals surface area contributed by atoms with Crippen LogP contribution in [0.3, 0.4) is 0 Å². The Bertz CT molecular complexity index is 897. The number of aromatic nitrogens is 4. The van der Waals surface area contributed by atoms with Gasteiger partial charge in [-0.1, -0.05) is 12.1 Å². The SMILES string of the molecule is Nc1cccc(/C=C/C2CCC(n3ccc4c(N)ncnc43)C2)n1. The maximum atomic E-state index is 5.93. The van der Waals surface area contributed by atoms with E-state index in [4.69, 9.17) is 11.5 Å². The summed E-state index contributed by atoms with van der Waals surface area (Å²) in [6, 6.07) is 8.15. The van der Waals surface area contributed by atoms with Gasteiger partial charge in [-0.15, -0.1) is 0 Å². The molecule has 1 aliphatic rings. The number of hydrogen-bond donors (Lipinski definition) is 2. The fourth-order valence-corrected chi connectivity index (χ4v) is 3.50. The van der Waals surface area contributed by atoms with Crippen molar-refractivity contribution in [3.63, 3.8) is 0 Å². The molecule has 4 rings (SSSR count). The molecule has 2 atom stereocenters. The normalized spacial score (nSPS) is 21.0. The Hall–Kier alpha value is -2.89. The number of anilines is 2. The van der Waals surface area contributed by atoms with Crippen LogP contribution in [0, 0.1) is 5.92 Å². The van der Waals surface area contributed by atoms with Crippen LogP contribution < -0.4 is 11.5 Å². The summed E-state index contributed by atoms with van der Waals surface area (Å²) in [6.07, 6.45) is 11.3. The first-order valence-electron chi connectivity index (χ1n) is 8.18. The van der Waals surface area contributed by atoms with Crippen LogP contribution in [0.25, 0.3) is 17.1 Å². The average Bonchev–Trinajstić information content (AvgIpc) is 3.20. The molecular weight excluding hydrogens is 300 g/mol. The molecule has 0 saturated heterocycles. The van der Waals surface area contributed by atoms with Crippen LogP contribution in [-0.2, 0) is 0 Å². The number of hydrogen-bond acceptors (Lipinski definition) is 5. The van der Waals surface area contributed by atoms with E-state index in [1.54, 1.807) is 6.07 Å². The van der Waals surface area contributed by atoms with E-state index in [0.29, 0.717) is 23.6 Å². The van der Waals surface area contributed by atoms with Crippen LogP contribution in [0.2, 0.25) is 0 Å². The second kappa shape index (κ2) is 5.96. The molecule has 6 heteroatoms. The van der Waals surface area contributed by atoms with Gasteiger partial charge in [0.25, 0.3) is 0 Å². The van der Waals surface area contributed by atoms with Gasteiger partial charge in [-0.25, -0.2) is 15.0 Å². The van der Waals surface area contributed by atoms with E-state index in [1.165, 1.54) is 6.33 Å². The largest absolute Gasteiger partial charge is 0.384 e. The third kappa shape index (κ3) is 2.71. The van der Waals surface area contributed by atoms with Crippen molar-refractivity contribution in [2.24, 2.45) is 5.92 Å². The van der Waals surface area contributed by atoms with Crippen LogP contribution in [0.4, 0.5) is 11.6 Å². The molecule has 3 aromatic rings. The molecule has 6 nitrogen and oxygen atoms in total. The zero-order valence-corrected chi connectivity index (χ0v) is 13.3. The van der Waals surface area contributed by atoms with Gasteiger partial charge >= 0.3 is 0 Å². The second-order valence-corrected chi connectivity index (χ2v) is 6.29. The van der Waals surface area contributed by atoms with E-state index in [-0.39, 0.29) is 0 Å². The van der Waals surface area contributed by atoms with E-state index >= 15 is 0 Å². The summed E-state index contributed by atoms with van der Waals surface area (Å²) in [5.74, 6) is 1.63. The first kappa shape index (κ1) is 14.7. The standard InChI is InChI=1S/C18H20N6/c19-16-3-1-2-13(23-16)6-4-12-5-7-14(10-12)24-9-8-15-17(20)21-11-22-18(15)24/h1-4,6,8-9,11-12,14H,5,7,10H2,(H2,19,23)(H2,20,21,22)/b6-4+. The van der Waals surface area contributed by atoms with Gasteiger partial charge in [0.05, 0.1) is 11.1 Å². The van der Waals surface area contributed by atoms with Gasteiger partial charge in [0.1, 0.15) is 23.6 Å². The van der Waals surface area contributed by atoms with Gasteiger partial charge in [0, 0.05) is 12.2 Å². The van der Waals surface area contributed by atoms with Gasteiger partial charge in [-0.05, 0) is 49.5 Å². The van der Waals surface area contributed by atoms with Gasteiger partial charge in [-0.3, -0.25) is 0 Å². The predicted molar refractivity (Wildman–Crippen MR) is 96.0 cm³/mol. The van der Waals surface area contributed by atoms with E-state index in [9.17, 15) is 0 Å². The summed E-state index contributed by atoms with van der Waals surface area (Å²) in [5, 5.41) is 0.931. The van der Waals surface area contributed by atoms with Crippen LogP contribution in [-0.4, -0.2) is 19.5 Å². The lowest BCUT2D eigenvalue weighted by Crippen LogP contribution is -2.05. The highest BCUT2D eigenvalue weighted by atomic mass is 15.1. The summed E-state index contributed by atoms with van der Waals surface area (Å²) in [4.78, 5) is 12.8. The first-order chi connectivity index (χ1) is 11.7. The molecule has 0 radical (unpaired) electrons. The molecule has 0 spiro atoms. The molecule has 0 aromatic carbocycles. The van der Waals surface area contributed by atoms with Crippen LogP contribution in [0.15, 0.2) is 42.9 Å². The molecule has 24 heavy (non-hydrogen) atoms. The molecule has 0 amide bonds. The summed E-state index contributed by atoms with van der Waals surface area (Å²) in [5.41, 5.74) is 13.5. The fourth-order valence-electron chi connectivity index (χ4n) is 3.50. The van der Waals surface area contributed by atoms with Gasteiger partial charge < -0.3 is 16.0 Å². The van der Waals surface area contributed by atoms with Gasteiger partial charge in [0.15, 0.2) is 0 Å². The van der Waals surface area contributed by atoms with Crippen LogP contribution >= 0.6 is 0 Å². The number of nitrogen functional groups attached to an aromatic ring is 2. The smallest absolute Gasteiger partial charge is 0.145 e. The van der Waals surface area contributed by atoms with E-state index < -0.39 is 0 Å². The lowest BCUT2D eigenvalue weighted by molar-refractivity contribution is 0.518. The predicted octanol–water partition coefficient (Wildman–Crippen LogP) is 3.05. The quantitative estimate of drug-likeness (QED) is 0.773. The summed E-state index contributed by atoms with van der Waals surface area (Å²) in [6.45, 7) is 0. The Balaban J connectivity index is 1.51.